The highest BCUT2D eigenvalue weighted by atomic mass is 35.5. The number of halogens is 1. The summed E-state index contributed by atoms with van der Waals surface area (Å²) in [6.45, 7) is 1.54. The Morgan fingerprint density at radius 2 is 2.25 bits per heavy atom. The van der Waals surface area contributed by atoms with Crippen molar-refractivity contribution in [2.45, 2.75) is 19.4 Å². The molecule has 1 aliphatic rings. The number of pyridine rings is 1. The number of nitrogens with zero attached hydrogens (tertiary/aromatic N) is 3. The molecule has 0 radical (unpaired) electrons. The van der Waals surface area contributed by atoms with Gasteiger partial charge >= 0.3 is 0 Å². The lowest BCUT2D eigenvalue weighted by molar-refractivity contribution is 0.0943. The second-order valence-corrected chi connectivity index (χ2v) is 5.68. The maximum Gasteiger partial charge on any atom is 0.252 e. The van der Waals surface area contributed by atoms with Gasteiger partial charge in [-0.15, -0.1) is 0 Å². The van der Waals surface area contributed by atoms with Gasteiger partial charge in [0.1, 0.15) is 0 Å². The van der Waals surface area contributed by atoms with Crippen molar-refractivity contribution in [2.24, 2.45) is 5.41 Å². The van der Waals surface area contributed by atoms with Crippen molar-refractivity contribution < 1.29 is 4.79 Å². The Kier molecular flexibility index (Phi) is 3.44. The van der Waals surface area contributed by atoms with E-state index in [9.17, 15) is 4.79 Å². The molecule has 1 amide bonds. The van der Waals surface area contributed by atoms with Crippen LogP contribution in [0.5, 0.6) is 0 Å². The number of imidazole rings is 1. The average molecular weight is 291 g/mol. The molecular weight excluding hydrogens is 276 g/mol. The zero-order valence-corrected chi connectivity index (χ0v) is 11.7. The van der Waals surface area contributed by atoms with E-state index in [0.717, 1.165) is 19.4 Å². The summed E-state index contributed by atoms with van der Waals surface area (Å²) < 4.78 is 2.05. The minimum Gasteiger partial charge on any atom is -0.351 e. The van der Waals surface area contributed by atoms with E-state index >= 15 is 0 Å². The van der Waals surface area contributed by atoms with Crippen LogP contribution in [0.4, 0.5) is 0 Å². The van der Waals surface area contributed by atoms with E-state index in [1.54, 1.807) is 18.5 Å². The van der Waals surface area contributed by atoms with E-state index in [0.29, 0.717) is 17.1 Å². The lowest BCUT2D eigenvalue weighted by Crippen LogP contribution is -2.32. The van der Waals surface area contributed by atoms with E-state index in [1.165, 1.54) is 6.20 Å². The van der Waals surface area contributed by atoms with Gasteiger partial charge in [0, 0.05) is 43.3 Å². The fourth-order valence-electron chi connectivity index (χ4n) is 2.26. The minimum atomic E-state index is -0.144. The molecule has 1 aliphatic carbocycles. The summed E-state index contributed by atoms with van der Waals surface area (Å²) in [5.74, 6) is -0.144. The molecule has 1 fully saturated rings. The highest BCUT2D eigenvalue weighted by Gasteiger charge is 2.43. The van der Waals surface area contributed by atoms with E-state index < -0.39 is 0 Å². The molecule has 20 heavy (non-hydrogen) atoms. The first-order valence-corrected chi connectivity index (χ1v) is 6.90. The third kappa shape index (κ3) is 2.82. The van der Waals surface area contributed by atoms with Crippen LogP contribution in [-0.2, 0) is 6.54 Å². The average Bonchev–Trinajstić information content (AvgIpc) is 3.01. The first-order valence-electron chi connectivity index (χ1n) is 6.52. The van der Waals surface area contributed by atoms with E-state index in [-0.39, 0.29) is 11.3 Å². The van der Waals surface area contributed by atoms with Gasteiger partial charge in [-0.25, -0.2) is 4.98 Å². The van der Waals surface area contributed by atoms with Crippen LogP contribution in [0, 0.1) is 5.41 Å². The Morgan fingerprint density at radius 1 is 1.40 bits per heavy atom. The van der Waals surface area contributed by atoms with Gasteiger partial charge in [-0.1, -0.05) is 11.6 Å². The second-order valence-electron chi connectivity index (χ2n) is 5.27. The fraction of sp³-hybridized carbons (Fsp3) is 0.357. The minimum absolute atomic E-state index is 0.144. The van der Waals surface area contributed by atoms with Crippen LogP contribution < -0.4 is 5.32 Å². The summed E-state index contributed by atoms with van der Waals surface area (Å²) in [7, 11) is 0. The summed E-state index contributed by atoms with van der Waals surface area (Å²) >= 11 is 5.96. The summed E-state index contributed by atoms with van der Waals surface area (Å²) in [5, 5.41) is 3.35. The van der Waals surface area contributed by atoms with Crippen LogP contribution in [0.25, 0.3) is 0 Å². The summed E-state index contributed by atoms with van der Waals surface area (Å²) in [4.78, 5) is 20.0. The van der Waals surface area contributed by atoms with Gasteiger partial charge in [-0.2, -0.15) is 0 Å². The van der Waals surface area contributed by atoms with Gasteiger partial charge in [-0.05, 0) is 18.9 Å². The number of carbonyl (C=O) groups is 1. The van der Waals surface area contributed by atoms with Gasteiger partial charge in [0.05, 0.1) is 16.9 Å². The Morgan fingerprint density at radius 3 is 2.90 bits per heavy atom. The fourth-order valence-corrected chi connectivity index (χ4v) is 2.46. The van der Waals surface area contributed by atoms with E-state index in [2.05, 4.69) is 19.9 Å². The highest BCUT2D eigenvalue weighted by Crippen LogP contribution is 2.46. The molecule has 1 N–H and O–H groups in total. The predicted molar refractivity (Wildman–Crippen MR) is 75.5 cm³/mol. The van der Waals surface area contributed by atoms with Crippen LogP contribution in [0.15, 0.2) is 37.2 Å². The largest absolute Gasteiger partial charge is 0.351 e. The van der Waals surface area contributed by atoms with Crippen LogP contribution in [0.1, 0.15) is 23.2 Å². The maximum absolute atomic E-state index is 12.1. The van der Waals surface area contributed by atoms with Gasteiger partial charge < -0.3 is 9.88 Å². The molecule has 2 heterocycles. The highest BCUT2D eigenvalue weighted by molar-refractivity contribution is 6.33. The normalized spacial score (nSPS) is 15.8. The molecule has 0 aliphatic heterocycles. The lowest BCUT2D eigenvalue weighted by Gasteiger charge is -2.16. The van der Waals surface area contributed by atoms with Crippen molar-refractivity contribution in [1.29, 1.82) is 0 Å². The molecule has 6 heteroatoms. The van der Waals surface area contributed by atoms with E-state index in [1.807, 2.05) is 12.5 Å². The number of amides is 1. The molecule has 0 atom stereocenters. The SMILES string of the molecule is O=C(NCC1(Cn2ccnc2)CC1)c1ccncc1Cl. The molecule has 1 saturated carbocycles. The van der Waals surface area contributed by atoms with Crippen molar-refractivity contribution in [3.8, 4) is 0 Å². The molecule has 0 spiro atoms. The third-order valence-corrected chi connectivity index (χ3v) is 3.98. The number of nitrogens with one attached hydrogen (secondary N) is 1. The smallest absolute Gasteiger partial charge is 0.252 e. The number of hydrogen-bond donors (Lipinski definition) is 1. The molecule has 0 unspecified atom stereocenters. The molecule has 2 aromatic rings. The molecule has 3 rings (SSSR count). The third-order valence-electron chi connectivity index (χ3n) is 3.68. The number of hydrogen-bond acceptors (Lipinski definition) is 3. The number of carbonyl (C=O) groups excluding carboxylic acids is 1. The van der Waals surface area contributed by atoms with Crippen molar-refractivity contribution in [3.05, 3.63) is 47.8 Å². The van der Waals surface area contributed by atoms with Crippen LogP contribution in [0.2, 0.25) is 5.02 Å². The first-order chi connectivity index (χ1) is 9.69. The predicted octanol–water partition coefficient (Wildman–Crippen LogP) is 2.14. The van der Waals surface area contributed by atoms with Gasteiger partial charge in [0.25, 0.3) is 5.91 Å². The van der Waals surface area contributed by atoms with Crippen molar-refractivity contribution >= 4 is 17.5 Å². The molecule has 5 nitrogen and oxygen atoms in total. The second kappa shape index (κ2) is 5.25. The monoisotopic (exact) mass is 290 g/mol. The molecule has 104 valence electrons. The zero-order valence-electron chi connectivity index (χ0n) is 10.9. The number of aromatic nitrogens is 3. The number of rotatable bonds is 5. The quantitative estimate of drug-likeness (QED) is 0.918. The van der Waals surface area contributed by atoms with E-state index in [4.69, 9.17) is 11.6 Å². The summed E-state index contributed by atoms with van der Waals surface area (Å²) in [6.07, 6.45) is 10.8. The first kappa shape index (κ1) is 13.1. The Balaban J connectivity index is 1.60. The standard InChI is InChI=1S/C14H15ClN4O/c15-12-7-16-4-1-11(12)13(20)18-8-14(2-3-14)9-19-6-5-17-10-19/h1,4-7,10H,2-3,8-9H2,(H,18,20). The van der Waals surface area contributed by atoms with Gasteiger partial charge in [-0.3, -0.25) is 9.78 Å². The topological polar surface area (TPSA) is 59.8 Å². The summed E-state index contributed by atoms with van der Waals surface area (Å²) in [5.41, 5.74) is 0.635. The van der Waals surface area contributed by atoms with Gasteiger partial charge in [0.2, 0.25) is 0 Å². The molecule has 0 bridgehead atoms. The molecular formula is C14H15ClN4O. The van der Waals surface area contributed by atoms with Crippen molar-refractivity contribution in [2.75, 3.05) is 6.54 Å². The molecule has 0 aromatic carbocycles. The van der Waals surface area contributed by atoms with Crippen LogP contribution in [0.3, 0.4) is 0 Å². The van der Waals surface area contributed by atoms with Crippen molar-refractivity contribution in [1.82, 2.24) is 19.9 Å². The van der Waals surface area contributed by atoms with Crippen LogP contribution >= 0.6 is 11.6 Å². The molecule has 0 saturated heterocycles. The maximum atomic E-state index is 12.1. The lowest BCUT2D eigenvalue weighted by atomic mass is 10.1. The Hall–Kier alpha value is -1.88. The Labute approximate surface area is 122 Å². The summed E-state index contributed by atoms with van der Waals surface area (Å²) in [6, 6.07) is 1.63. The Bertz CT molecular complexity index is 607. The van der Waals surface area contributed by atoms with Crippen molar-refractivity contribution in [3.63, 3.8) is 0 Å². The molecule has 2 aromatic heterocycles. The zero-order chi connectivity index (χ0) is 14.0. The van der Waals surface area contributed by atoms with Gasteiger partial charge in [0.15, 0.2) is 0 Å². The van der Waals surface area contributed by atoms with Crippen LogP contribution in [-0.4, -0.2) is 27.0 Å².